The first-order valence-corrected chi connectivity index (χ1v) is 8.16. The largest absolute Gasteiger partial charge is 0.378 e. The molecule has 0 radical (unpaired) electrons. The van der Waals surface area contributed by atoms with Gasteiger partial charge in [0.1, 0.15) is 0 Å². The maximum atomic E-state index is 6.03. The molecule has 2 heterocycles. The van der Waals surface area contributed by atoms with Gasteiger partial charge in [0.05, 0.1) is 23.6 Å². The van der Waals surface area contributed by atoms with E-state index >= 15 is 0 Å². The number of halogens is 2. The Balaban J connectivity index is 1.89. The lowest BCUT2D eigenvalue weighted by atomic mass is 10.3. The standard InChI is InChI=1S/C14H13BrClN3S/c1-8-7-19-13(9(2)18-14(19)20-8)6-17-12-5-10(16)3-4-11(12)15/h3-5,7,17H,6H2,1-2H3. The van der Waals surface area contributed by atoms with Gasteiger partial charge in [-0.2, -0.15) is 0 Å². The first kappa shape index (κ1) is 13.9. The summed E-state index contributed by atoms with van der Waals surface area (Å²) < 4.78 is 3.16. The molecule has 3 rings (SSSR count). The highest BCUT2D eigenvalue weighted by Crippen LogP contribution is 2.27. The minimum Gasteiger partial charge on any atom is -0.378 e. The summed E-state index contributed by atoms with van der Waals surface area (Å²) in [6.07, 6.45) is 2.13. The highest BCUT2D eigenvalue weighted by molar-refractivity contribution is 9.10. The first-order chi connectivity index (χ1) is 9.54. The molecule has 0 aliphatic heterocycles. The summed E-state index contributed by atoms with van der Waals surface area (Å²) in [5, 5.41) is 4.13. The summed E-state index contributed by atoms with van der Waals surface area (Å²) in [5.74, 6) is 0. The number of fused-ring (bicyclic) bond motifs is 1. The molecule has 1 aromatic carbocycles. The molecule has 3 nitrogen and oxygen atoms in total. The number of rotatable bonds is 3. The molecule has 1 N–H and O–H groups in total. The molecule has 104 valence electrons. The number of thiazole rings is 1. The molecular weight excluding hydrogens is 358 g/mol. The number of hydrogen-bond acceptors (Lipinski definition) is 3. The summed E-state index contributed by atoms with van der Waals surface area (Å²) in [5.41, 5.74) is 3.22. The van der Waals surface area contributed by atoms with Gasteiger partial charge in [-0.15, -0.1) is 11.3 Å². The van der Waals surface area contributed by atoms with Crippen LogP contribution in [-0.2, 0) is 6.54 Å². The smallest absolute Gasteiger partial charge is 0.194 e. The zero-order valence-electron chi connectivity index (χ0n) is 11.1. The Bertz CT molecular complexity index is 778. The highest BCUT2D eigenvalue weighted by atomic mass is 79.9. The van der Waals surface area contributed by atoms with Crippen molar-refractivity contribution in [2.45, 2.75) is 20.4 Å². The molecular formula is C14H13BrClN3S. The SMILES string of the molecule is Cc1cn2c(CNc3cc(Cl)ccc3Br)c(C)nc2s1. The molecule has 0 aliphatic carbocycles. The van der Waals surface area contributed by atoms with Crippen LogP contribution in [0.1, 0.15) is 16.3 Å². The number of anilines is 1. The first-order valence-electron chi connectivity index (χ1n) is 6.17. The van der Waals surface area contributed by atoms with Crippen molar-refractivity contribution in [1.29, 1.82) is 0 Å². The lowest BCUT2D eigenvalue weighted by Crippen LogP contribution is -2.04. The fourth-order valence-electron chi connectivity index (χ4n) is 2.13. The van der Waals surface area contributed by atoms with E-state index in [0.29, 0.717) is 6.54 Å². The van der Waals surface area contributed by atoms with Gasteiger partial charge < -0.3 is 5.32 Å². The van der Waals surface area contributed by atoms with Crippen LogP contribution in [0.3, 0.4) is 0 Å². The van der Waals surface area contributed by atoms with E-state index in [1.54, 1.807) is 11.3 Å². The van der Waals surface area contributed by atoms with Crippen molar-refractivity contribution in [1.82, 2.24) is 9.38 Å². The number of aromatic nitrogens is 2. The molecule has 0 saturated carbocycles. The molecule has 0 fully saturated rings. The van der Waals surface area contributed by atoms with Gasteiger partial charge in [-0.05, 0) is 48.0 Å². The number of nitrogens with zero attached hydrogens (tertiary/aromatic N) is 2. The quantitative estimate of drug-likeness (QED) is 0.700. The molecule has 0 bridgehead atoms. The molecule has 0 spiro atoms. The second-order valence-electron chi connectivity index (χ2n) is 4.62. The minimum absolute atomic E-state index is 0.710. The van der Waals surface area contributed by atoms with Crippen molar-refractivity contribution in [3.8, 4) is 0 Å². The van der Waals surface area contributed by atoms with Gasteiger partial charge in [-0.3, -0.25) is 4.40 Å². The molecule has 0 aliphatic rings. The topological polar surface area (TPSA) is 29.3 Å². The van der Waals surface area contributed by atoms with Crippen molar-refractivity contribution < 1.29 is 0 Å². The normalized spacial score (nSPS) is 11.2. The second-order valence-corrected chi connectivity index (χ2v) is 7.12. The van der Waals surface area contributed by atoms with Gasteiger partial charge in [-0.1, -0.05) is 11.6 Å². The third-order valence-corrected chi connectivity index (χ3v) is 4.94. The zero-order valence-corrected chi connectivity index (χ0v) is 14.2. The third kappa shape index (κ3) is 2.57. The van der Waals surface area contributed by atoms with Crippen LogP contribution in [0, 0.1) is 13.8 Å². The fraction of sp³-hybridized carbons (Fsp3) is 0.214. The van der Waals surface area contributed by atoms with E-state index in [1.807, 2.05) is 25.1 Å². The van der Waals surface area contributed by atoms with Crippen LogP contribution in [-0.4, -0.2) is 9.38 Å². The summed E-state index contributed by atoms with van der Waals surface area (Å²) in [6, 6.07) is 5.72. The molecule has 0 atom stereocenters. The predicted molar refractivity (Wildman–Crippen MR) is 89.0 cm³/mol. The van der Waals surface area contributed by atoms with Gasteiger partial charge in [0.25, 0.3) is 0 Å². The van der Waals surface area contributed by atoms with Crippen molar-refractivity contribution in [2.75, 3.05) is 5.32 Å². The number of aryl methyl sites for hydroxylation is 2. The molecule has 0 amide bonds. The van der Waals surface area contributed by atoms with E-state index < -0.39 is 0 Å². The lowest BCUT2D eigenvalue weighted by molar-refractivity contribution is 0.990. The average molecular weight is 371 g/mol. The monoisotopic (exact) mass is 369 g/mol. The van der Waals surface area contributed by atoms with Crippen molar-refractivity contribution in [3.63, 3.8) is 0 Å². The number of imidazole rings is 1. The van der Waals surface area contributed by atoms with E-state index in [1.165, 1.54) is 10.6 Å². The summed E-state index contributed by atoms with van der Waals surface area (Å²) in [4.78, 5) is 6.90. The molecule has 0 saturated heterocycles. The summed E-state index contributed by atoms with van der Waals surface area (Å²) >= 11 is 11.3. The Morgan fingerprint density at radius 1 is 1.40 bits per heavy atom. The van der Waals surface area contributed by atoms with Crippen LogP contribution in [0.4, 0.5) is 5.69 Å². The van der Waals surface area contributed by atoms with E-state index in [4.69, 9.17) is 11.6 Å². The average Bonchev–Trinajstić information content (AvgIpc) is 2.86. The minimum atomic E-state index is 0.710. The maximum absolute atomic E-state index is 6.03. The van der Waals surface area contributed by atoms with Gasteiger partial charge in [-0.25, -0.2) is 4.98 Å². The third-order valence-electron chi connectivity index (χ3n) is 3.12. The molecule has 20 heavy (non-hydrogen) atoms. The molecule has 6 heteroatoms. The van der Waals surface area contributed by atoms with Crippen molar-refractivity contribution in [2.24, 2.45) is 0 Å². The van der Waals surface area contributed by atoms with Crippen molar-refractivity contribution >= 4 is 49.5 Å². The number of benzene rings is 1. The molecule has 2 aromatic heterocycles. The summed E-state index contributed by atoms with van der Waals surface area (Å²) in [7, 11) is 0. The fourth-order valence-corrected chi connectivity index (χ4v) is 3.58. The number of nitrogens with one attached hydrogen (secondary N) is 1. The van der Waals surface area contributed by atoms with Gasteiger partial charge in [0.2, 0.25) is 0 Å². The second kappa shape index (κ2) is 5.39. The van der Waals surface area contributed by atoms with E-state index in [0.717, 1.165) is 25.8 Å². The lowest BCUT2D eigenvalue weighted by Gasteiger charge is -2.09. The Morgan fingerprint density at radius 2 is 2.20 bits per heavy atom. The van der Waals surface area contributed by atoms with Crippen molar-refractivity contribution in [3.05, 3.63) is 50.2 Å². The van der Waals surface area contributed by atoms with Crippen LogP contribution in [0.15, 0.2) is 28.9 Å². The molecule has 3 aromatic rings. The van der Waals surface area contributed by atoms with E-state index in [2.05, 4.69) is 43.8 Å². The van der Waals surface area contributed by atoms with Crippen LogP contribution in [0.2, 0.25) is 5.02 Å². The Morgan fingerprint density at radius 3 is 3.00 bits per heavy atom. The predicted octanol–water partition coefficient (Wildman–Crippen LogP) is 5.04. The van der Waals surface area contributed by atoms with Gasteiger partial charge in [0, 0.05) is 20.6 Å². The zero-order chi connectivity index (χ0) is 14.3. The Labute approximate surface area is 134 Å². The van der Waals surface area contributed by atoms with Crippen LogP contribution >= 0.6 is 38.9 Å². The van der Waals surface area contributed by atoms with E-state index in [-0.39, 0.29) is 0 Å². The van der Waals surface area contributed by atoms with E-state index in [9.17, 15) is 0 Å². The van der Waals surface area contributed by atoms with Crippen LogP contribution in [0.25, 0.3) is 4.96 Å². The summed E-state index contributed by atoms with van der Waals surface area (Å²) in [6.45, 7) is 4.85. The Kier molecular flexibility index (Phi) is 3.75. The number of hydrogen-bond donors (Lipinski definition) is 1. The van der Waals surface area contributed by atoms with Gasteiger partial charge in [0.15, 0.2) is 4.96 Å². The molecule has 0 unspecified atom stereocenters. The van der Waals surface area contributed by atoms with Crippen LogP contribution in [0.5, 0.6) is 0 Å². The highest BCUT2D eigenvalue weighted by Gasteiger charge is 2.11. The van der Waals surface area contributed by atoms with Gasteiger partial charge >= 0.3 is 0 Å². The maximum Gasteiger partial charge on any atom is 0.194 e. The Hall–Kier alpha value is -1.04. The van der Waals surface area contributed by atoms with Crippen LogP contribution < -0.4 is 5.32 Å².